The van der Waals surface area contributed by atoms with E-state index in [0.29, 0.717) is 24.7 Å². The summed E-state index contributed by atoms with van der Waals surface area (Å²) in [4.78, 5) is 39.5. The topological polar surface area (TPSA) is 105 Å². The standard InChI is InChI=1S/C18H28N4O2.CH2O2/c1-3-9-21(4-2)18(24)16-15-8-7-14(11-22(15)12-20-16)17(23)19-10-13-5-6-13;2-1-3/h12-14H,3-11H2,1-2H3,(H,19,23);1H,(H,2,3). The van der Waals surface area contributed by atoms with Gasteiger partial charge in [0.05, 0.1) is 17.9 Å². The highest BCUT2D eigenvalue weighted by Gasteiger charge is 2.30. The van der Waals surface area contributed by atoms with E-state index in [-0.39, 0.29) is 24.2 Å². The molecule has 2 aliphatic rings. The van der Waals surface area contributed by atoms with Crippen LogP contribution in [0.1, 0.15) is 55.7 Å². The molecule has 1 aromatic heterocycles. The monoisotopic (exact) mass is 378 g/mol. The Balaban J connectivity index is 0.000000817. The Kier molecular flexibility index (Phi) is 7.82. The molecule has 2 heterocycles. The van der Waals surface area contributed by atoms with Gasteiger partial charge in [-0.05, 0) is 44.9 Å². The summed E-state index contributed by atoms with van der Waals surface area (Å²) in [6, 6.07) is 0. The van der Waals surface area contributed by atoms with Gasteiger partial charge in [-0.3, -0.25) is 14.4 Å². The summed E-state index contributed by atoms with van der Waals surface area (Å²) in [5.74, 6) is 0.857. The second-order valence-electron chi connectivity index (χ2n) is 7.11. The maximum Gasteiger partial charge on any atom is 0.290 e. The quantitative estimate of drug-likeness (QED) is 0.701. The fourth-order valence-corrected chi connectivity index (χ4v) is 3.39. The minimum absolute atomic E-state index is 0.00804. The number of amides is 2. The fourth-order valence-electron chi connectivity index (χ4n) is 3.39. The van der Waals surface area contributed by atoms with Gasteiger partial charge in [-0.25, -0.2) is 4.98 Å². The van der Waals surface area contributed by atoms with E-state index < -0.39 is 0 Å². The van der Waals surface area contributed by atoms with E-state index in [1.165, 1.54) is 12.8 Å². The molecule has 0 radical (unpaired) electrons. The molecule has 1 aliphatic carbocycles. The first-order chi connectivity index (χ1) is 13.0. The van der Waals surface area contributed by atoms with Gasteiger partial charge < -0.3 is 19.9 Å². The molecule has 1 atom stereocenters. The van der Waals surface area contributed by atoms with E-state index >= 15 is 0 Å². The molecule has 0 saturated heterocycles. The molecular weight excluding hydrogens is 348 g/mol. The Morgan fingerprint density at radius 2 is 2.07 bits per heavy atom. The number of aromatic nitrogens is 2. The van der Waals surface area contributed by atoms with Crippen LogP contribution in [-0.2, 0) is 22.6 Å². The van der Waals surface area contributed by atoms with Crippen LogP contribution in [0.25, 0.3) is 0 Å². The fraction of sp³-hybridized carbons (Fsp3) is 0.684. The average molecular weight is 378 g/mol. The van der Waals surface area contributed by atoms with Crippen LogP contribution in [0.5, 0.6) is 0 Å². The van der Waals surface area contributed by atoms with Crippen molar-refractivity contribution in [3.05, 3.63) is 17.7 Å². The van der Waals surface area contributed by atoms with Gasteiger partial charge in [0.15, 0.2) is 0 Å². The summed E-state index contributed by atoms with van der Waals surface area (Å²) in [6.45, 7) is 6.73. The van der Waals surface area contributed by atoms with Crippen molar-refractivity contribution in [2.75, 3.05) is 19.6 Å². The van der Waals surface area contributed by atoms with E-state index in [0.717, 1.165) is 38.0 Å². The van der Waals surface area contributed by atoms with E-state index in [9.17, 15) is 9.59 Å². The zero-order valence-corrected chi connectivity index (χ0v) is 16.2. The number of nitrogens with one attached hydrogen (secondary N) is 1. The van der Waals surface area contributed by atoms with Crippen molar-refractivity contribution in [3.63, 3.8) is 0 Å². The van der Waals surface area contributed by atoms with E-state index in [2.05, 4.69) is 17.2 Å². The van der Waals surface area contributed by atoms with Crippen molar-refractivity contribution in [1.29, 1.82) is 0 Å². The van der Waals surface area contributed by atoms with Crippen molar-refractivity contribution in [1.82, 2.24) is 19.8 Å². The van der Waals surface area contributed by atoms with Crippen molar-refractivity contribution >= 4 is 18.3 Å². The summed E-state index contributed by atoms with van der Waals surface area (Å²) in [5, 5.41) is 9.96. The minimum atomic E-state index is -0.250. The lowest BCUT2D eigenvalue weighted by Gasteiger charge is -2.25. The highest BCUT2D eigenvalue weighted by Crippen LogP contribution is 2.28. The SMILES string of the molecule is CCCN(CC)C(=O)c1ncn2c1CCC(C(=O)NCC1CC1)C2.O=CO. The molecule has 1 fully saturated rings. The zero-order valence-electron chi connectivity index (χ0n) is 16.2. The van der Waals surface area contributed by atoms with Crippen LogP contribution in [0, 0.1) is 11.8 Å². The van der Waals surface area contributed by atoms with Crippen LogP contribution >= 0.6 is 0 Å². The lowest BCUT2D eigenvalue weighted by molar-refractivity contribution is -0.126. The lowest BCUT2D eigenvalue weighted by Crippen LogP contribution is -2.37. The Morgan fingerprint density at radius 1 is 1.37 bits per heavy atom. The molecule has 8 heteroatoms. The largest absolute Gasteiger partial charge is 0.483 e. The number of hydrogen-bond acceptors (Lipinski definition) is 4. The number of imidazole rings is 1. The number of carboxylic acid groups (broad SMARTS) is 1. The molecule has 27 heavy (non-hydrogen) atoms. The predicted octanol–water partition coefficient (Wildman–Crippen LogP) is 1.54. The number of carbonyl (C=O) groups is 3. The van der Waals surface area contributed by atoms with Crippen molar-refractivity contribution in [3.8, 4) is 0 Å². The smallest absolute Gasteiger partial charge is 0.290 e. The van der Waals surface area contributed by atoms with Crippen LogP contribution < -0.4 is 5.32 Å². The molecule has 2 amide bonds. The van der Waals surface area contributed by atoms with Gasteiger partial charge in [-0.1, -0.05) is 6.92 Å². The van der Waals surface area contributed by atoms with Gasteiger partial charge in [-0.2, -0.15) is 0 Å². The van der Waals surface area contributed by atoms with Gasteiger partial charge >= 0.3 is 0 Å². The first kappa shape index (κ1) is 20.9. The zero-order chi connectivity index (χ0) is 19.8. The number of carbonyl (C=O) groups excluding carboxylic acids is 2. The van der Waals surface area contributed by atoms with E-state index in [4.69, 9.17) is 9.90 Å². The first-order valence-corrected chi connectivity index (χ1v) is 9.74. The number of hydrogen-bond donors (Lipinski definition) is 2. The Morgan fingerprint density at radius 3 is 2.67 bits per heavy atom. The number of nitrogens with zero attached hydrogens (tertiary/aromatic N) is 3. The maximum atomic E-state index is 12.7. The number of fused-ring (bicyclic) bond motifs is 1. The normalized spacial score (nSPS) is 17.9. The van der Waals surface area contributed by atoms with Crippen LogP contribution in [-0.4, -0.2) is 57.5 Å². The summed E-state index contributed by atoms with van der Waals surface area (Å²) >= 11 is 0. The van der Waals surface area contributed by atoms with Gasteiger partial charge in [-0.15, -0.1) is 0 Å². The Bertz CT molecular complexity index is 654. The Labute approximate surface area is 159 Å². The summed E-state index contributed by atoms with van der Waals surface area (Å²) in [5.41, 5.74) is 1.56. The molecule has 0 aromatic carbocycles. The van der Waals surface area contributed by atoms with Gasteiger partial charge in [0.2, 0.25) is 5.91 Å². The van der Waals surface area contributed by atoms with Crippen molar-refractivity contribution in [2.24, 2.45) is 11.8 Å². The molecule has 0 spiro atoms. The molecule has 8 nitrogen and oxygen atoms in total. The molecule has 150 valence electrons. The molecule has 1 aromatic rings. The number of rotatable bonds is 7. The van der Waals surface area contributed by atoms with Gasteiger partial charge in [0, 0.05) is 26.2 Å². The van der Waals surface area contributed by atoms with Crippen molar-refractivity contribution < 1.29 is 19.5 Å². The van der Waals surface area contributed by atoms with Crippen LogP contribution in [0.15, 0.2) is 6.33 Å². The summed E-state index contributed by atoms with van der Waals surface area (Å²) in [7, 11) is 0. The van der Waals surface area contributed by atoms with E-state index in [1.807, 2.05) is 16.4 Å². The maximum absolute atomic E-state index is 12.7. The molecule has 3 rings (SSSR count). The Hall–Kier alpha value is -2.38. The molecule has 2 N–H and O–H groups in total. The van der Waals surface area contributed by atoms with E-state index in [1.54, 1.807) is 6.33 Å². The van der Waals surface area contributed by atoms with Crippen LogP contribution in [0.2, 0.25) is 0 Å². The third kappa shape index (κ3) is 5.55. The molecule has 1 aliphatic heterocycles. The van der Waals surface area contributed by atoms with Crippen LogP contribution in [0.3, 0.4) is 0 Å². The third-order valence-electron chi connectivity index (χ3n) is 5.09. The lowest BCUT2D eigenvalue weighted by atomic mass is 9.96. The first-order valence-electron chi connectivity index (χ1n) is 9.74. The molecule has 0 bridgehead atoms. The van der Waals surface area contributed by atoms with Gasteiger partial charge in [0.25, 0.3) is 12.4 Å². The summed E-state index contributed by atoms with van der Waals surface area (Å²) < 4.78 is 2.00. The highest BCUT2D eigenvalue weighted by atomic mass is 16.3. The molecule has 1 saturated carbocycles. The minimum Gasteiger partial charge on any atom is -0.483 e. The predicted molar refractivity (Wildman–Crippen MR) is 100 cm³/mol. The summed E-state index contributed by atoms with van der Waals surface area (Å²) in [6.07, 6.45) is 6.69. The third-order valence-corrected chi connectivity index (χ3v) is 5.09. The second kappa shape index (κ2) is 10.1. The highest BCUT2D eigenvalue weighted by molar-refractivity contribution is 5.93. The van der Waals surface area contributed by atoms with Gasteiger partial charge in [0.1, 0.15) is 5.69 Å². The average Bonchev–Trinajstić information content (AvgIpc) is 3.41. The van der Waals surface area contributed by atoms with Crippen molar-refractivity contribution in [2.45, 2.75) is 52.5 Å². The van der Waals surface area contributed by atoms with Crippen LogP contribution in [0.4, 0.5) is 0 Å². The molecular formula is C19H30N4O4. The second-order valence-corrected chi connectivity index (χ2v) is 7.11. The molecule has 1 unspecified atom stereocenters.